The average molecular weight is 1220 g/mol. The number of allylic oxidation sites excluding steroid dienone is 4. The van der Waals surface area contributed by atoms with Gasteiger partial charge in [-0.15, -0.1) is 0 Å². The fourth-order valence-corrected chi connectivity index (χ4v) is 13.4. The van der Waals surface area contributed by atoms with Crippen molar-refractivity contribution in [2.45, 2.75) is 192 Å². The molecule has 4 fully saturated rings. The molecule has 12 atom stereocenters. The summed E-state index contributed by atoms with van der Waals surface area (Å²) in [5.41, 5.74) is -3.30. The number of hydrogen-bond acceptors (Lipinski definition) is 14. The quantitative estimate of drug-likeness (QED) is 0.0378. The van der Waals surface area contributed by atoms with Crippen molar-refractivity contribution in [3.05, 3.63) is 88.5 Å². The molecule has 1 saturated heterocycles. The minimum absolute atomic E-state index is 0.0505. The summed E-state index contributed by atoms with van der Waals surface area (Å²) >= 11 is 3.11. The number of alkyl halides is 2. The normalized spacial score (nSPS) is 28.3. The first-order valence-electron chi connectivity index (χ1n) is 28.9. The number of ether oxygens (including phenoxy) is 4. The van der Waals surface area contributed by atoms with Crippen LogP contribution in [0.15, 0.2) is 66.3 Å². The van der Waals surface area contributed by atoms with E-state index in [1.165, 1.54) is 26.0 Å². The Morgan fingerprint density at radius 2 is 1.57 bits per heavy atom. The van der Waals surface area contributed by atoms with Gasteiger partial charge < -0.3 is 60.9 Å². The van der Waals surface area contributed by atoms with E-state index in [2.05, 4.69) is 42.5 Å². The first kappa shape index (κ1) is 65.3. The summed E-state index contributed by atoms with van der Waals surface area (Å²) < 4.78 is 42.6. The van der Waals surface area contributed by atoms with Crippen molar-refractivity contribution in [1.82, 2.24) is 21.3 Å². The van der Waals surface area contributed by atoms with E-state index < -0.39 is 119 Å². The van der Waals surface area contributed by atoms with Gasteiger partial charge in [0.25, 0.3) is 0 Å². The summed E-state index contributed by atoms with van der Waals surface area (Å²) in [5.74, 6) is -4.35. The zero-order valence-electron chi connectivity index (χ0n) is 49.3. The molecule has 2 aromatic carbocycles. The number of carbonyl (C=O) groups excluding carboxylic acids is 7. The summed E-state index contributed by atoms with van der Waals surface area (Å²) in [6, 6.07) is 9.40. The lowest BCUT2D eigenvalue weighted by Crippen LogP contribution is -2.69. The Balaban J connectivity index is 0.899. The molecule has 0 bridgehead atoms. The Morgan fingerprint density at radius 3 is 2.24 bits per heavy atom. The van der Waals surface area contributed by atoms with Crippen molar-refractivity contribution in [2.75, 3.05) is 37.5 Å². The Labute approximate surface area is 494 Å². The Hall–Kier alpha value is -5.26. The molecule has 7 rings (SSSR count). The van der Waals surface area contributed by atoms with Crippen LogP contribution < -0.4 is 26.6 Å². The number of Topliss-reactive ketones (excluding diaryl/α,β-unsaturated/α-hetero) is 1. The van der Waals surface area contributed by atoms with E-state index in [-0.39, 0.29) is 48.3 Å². The van der Waals surface area contributed by atoms with Gasteiger partial charge in [0.2, 0.25) is 29.5 Å². The minimum Gasteiger partial charge on any atom is -0.392 e. The molecule has 1 aliphatic heterocycles. The van der Waals surface area contributed by atoms with Gasteiger partial charge in [0.1, 0.15) is 24.7 Å². The van der Waals surface area contributed by atoms with Gasteiger partial charge in [-0.1, -0.05) is 70.9 Å². The Morgan fingerprint density at radius 1 is 0.880 bits per heavy atom. The summed E-state index contributed by atoms with van der Waals surface area (Å²) in [6.45, 7) is 14.0. The van der Waals surface area contributed by atoms with Crippen molar-refractivity contribution in [3.63, 3.8) is 0 Å². The second-order valence-electron chi connectivity index (χ2n) is 24.8. The Kier molecular flexibility index (Phi) is 20.9. The molecule has 1 heterocycles. The molecule has 83 heavy (non-hydrogen) atoms. The van der Waals surface area contributed by atoms with E-state index in [0.717, 1.165) is 11.1 Å². The van der Waals surface area contributed by atoms with Gasteiger partial charge in [-0.3, -0.25) is 33.6 Å². The van der Waals surface area contributed by atoms with E-state index in [9.17, 15) is 48.9 Å². The fraction of sp³-hybridized carbons (Fsp3) is 0.629. The highest BCUT2D eigenvalue weighted by atomic mass is 79.9. The highest BCUT2D eigenvalue weighted by molar-refractivity contribution is 9.09. The molecule has 2 aromatic rings. The van der Waals surface area contributed by atoms with Gasteiger partial charge >= 0.3 is 0 Å². The first-order chi connectivity index (χ1) is 39.1. The van der Waals surface area contributed by atoms with Crippen molar-refractivity contribution < 1.29 is 72.2 Å². The molecule has 21 heteroatoms. The number of hydrogen-bond donors (Lipinski definition) is 8. The SMILES string of the molecule is COC(C)(C)CCOC(C)(C)CCC(=O)NCCCC[C@H](NC(=O)CBr)C(=O)N[C@@H](C)C(=O)N[C@@H](C)C(=O)Nc1cc(Cc2ccc([C@@H]3O[C@@H]4C[C@H]5[C@@H]6CCC7=CC(=O)C=C[C@]7(C)[C@@]6(F)[C@@H](O)C[C@]5(C)[C@]4(C(=O)CO)O3)cc2)ccc1CO. The third-order valence-corrected chi connectivity index (χ3v) is 18.9. The molecule has 19 nitrogen and oxygen atoms in total. The topological polar surface area (TPSA) is 277 Å². The maximum atomic E-state index is 17.9. The number of halogens is 2. The van der Waals surface area contributed by atoms with Crippen LogP contribution in [0.2, 0.25) is 0 Å². The van der Waals surface area contributed by atoms with E-state index in [1.54, 1.807) is 32.2 Å². The van der Waals surface area contributed by atoms with E-state index in [1.807, 2.05) is 65.0 Å². The maximum Gasteiger partial charge on any atom is 0.246 e. The standard InChI is InChI=1S/C62H85BrFN5O14/c1-36(67-55(79)46(68-52(76)33-63)12-10-11-26-65-51(75)22-23-58(5,6)81-27-25-57(3,4)80-9)53(77)66-37(2)54(78)69-47-29-39(15-18-41(47)34-70)28-38-13-16-40(17-14-38)56-82-50-31-45-44-20-19-42-30-43(72)21-24-59(42,7)61(44,64)48(73)32-60(45,8)62(50,83-56)49(74)35-71/h13-18,21,24,29-30,36-37,44-46,48,50,56,70-71,73H,10-12,19-20,22-23,25-28,31-35H2,1-9H3,(H,65,75)(H,66,77)(H,67,79)(H,68,76)(H,69,78)/t36-,37-,44-,45-,46-,48-,50+,56+,59-,60-,61-,62+/m0/s1. The molecule has 8 N–H and O–H groups in total. The summed E-state index contributed by atoms with van der Waals surface area (Å²) in [7, 11) is 1.66. The third-order valence-electron chi connectivity index (χ3n) is 18.4. The van der Waals surface area contributed by atoms with Gasteiger partial charge in [0.15, 0.2) is 29.1 Å². The molecular weight excluding hydrogens is 1140 g/mol. The van der Waals surface area contributed by atoms with Gasteiger partial charge in [0.05, 0.1) is 42.0 Å². The largest absolute Gasteiger partial charge is 0.392 e. The number of amides is 5. The molecule has 0 spiro atoms. The summed E-state index contributed by atoms with van der Waals surface area (Å²) in [5, 5.41) is 46.1. The molecule has 456 valence electrons. The molecular formula is C62H85BrFN5O14. The number of carbonyl (C=O) groups is 7. The Bertz CT molecular complexity index is 2810. The number of nitrogens with one attached hydrogen (secondary N) is 5. The number of aliphatic hydroxyl groups excluding tert-OH is 3. The maximum absolute atomic E-state index is 17.9. The molecule has 5 aliphatic rings. The van der Waals surface area contributed by atoms with Crippen LogP contribution in [-0.4, -0.2) is 141 Å². The lowest BCUT2D eigenvalue weighted by Gasteiger charge is -2.62. The summed E-state index contributed by atoms with van der Waals surface area (Å²) in [4.78, 5) is 91.7. The fourth-order valence-electron chi connectivity index (χ4n) is 13.2. The molecule has 0 aromatic heterocycles. The second-order valence-corrected chi connectivity index (χ2v) is 25.4. The van der Waals surface area contributed by atoms with Crippen LogP contribution in [0.1, 0.15) is 148 Å². The molecule has 5 amide bonds. The van der Waals surface area contributed by atoms with Gasteiger partial charge in [-0.05, 0) is 148 Å². The van der Waals surface area contributed by atoms with Crippen LogP contribution in [0, 0.1) is 22.7 Å². The number of benzene rings is 2. The molecule has 4 aliphatic carbocycles. The van der Waals surface area contributed by atoms with Gasteiger partial charge in [-0.25, -0.2) is 4.39 Å². The van der Waals surface area contributed by atoms with Crippen molar-refractivity contribution in [3.8, 4) is 0 Å². The molecule has 0 unspecified atom stereocenters. The highest BCUT2D eigenvalue weighted by Crippen LogP contribution is 2.72. The van der Waals surface area contributed by atoms with E-state index in [4.69, 9.17) is 18.9 Å². The smallest absolute Gasteiger partial charge is 0.246 e. The monoisotopic (exact) mass is 1220 g/mol. The van der Waals surface area contributed by atoms with Crippen LogP contribution in [0.4, 0.5) is 10.1 Å². The number of ketones is 2. The minimum atomic E-state index is -2.12. The number of methoxy groups -OCH3 is 1. The number of aliphatic hydroxyl groups is 3. The van der Waals surface area contributed by atoms with Crippen LogP contribution >= 0.6 is 15.9 Å². The highest BCUT2D eigenvalue weighted by Gasteiger charge is 2.79. The van der Waals surface area contributed by atoms with Gasteiger partial charge in [0, 0.05) is 53.6 Å². The number of unbranched alkanes of at least 4 members (excludes halogenated alkanes) is 1. The number of rotatable bonds is 27. The van der Waals surface area contributed by atoms with Crippen molar-refractivity contribution >= 4 is 62.7 Å². The zero-order chi connectivity index (χ0) is 60.9. The van der Waals surface area contributed by atoms with Crippen LogP contribution in [0.25, 0.3) is 0 Å². The second kappa shape index (κ2) is 26.6. The van der Waals surface area contributed by atoms with Crippen molar-refractivity contribution in [1.29, 1.82) is 0 Å². The average Bonchev–Trinajstić information content (AvgIpc) is 1.87. The molecule has 3 saturated carbocycles. The van der Waals surface area contributed by atoms with E-state index >= 15 is 4.39 Å². The predicted molar refractivity (Wildman–Crippen MR) is 310 cm³/mol. The summed E-state index contributed by atoms with van der Waals surface area (Å²) in [6.07, 6.45) is 5.14. The lowest BCUT2D eigenvalue weighted by molar-refractivity contribution is -0.231. The number of fused-ring (bicyclic) bond motifs is 7. The lowest BCUT2D eigenvalue weighted by atomic mass is 9.44. The predicted octanol–water partition coefficient (Wildman–Crippen LogP) is 5.97. The number of anilines is 1. The van der Waals surface area contributed by atoms with E-state index in [0.29, 0.717) is 80.5 Å². The van der Waals surface area contributed by atoms with Crippen LogP contribution in [-0.2, 0) is 65.5 Å². The molecule has 0 radical (unpaired) electrons. The van der Waals surface area contributed by atoms with Crippen LogP contribution in [0.3, 0.4) is 0 Å². The van der Waals surface area contributed by atoms with Crippen molar-refractivity contribution in [2.24, 2.45) is 22.7 Å². The third kappa shape index (κ3) is 13.9. The van der Waals surface area contributed by atoms with Gasteiger partial charge in [-0.2, -0.15) is 0 Å². The first-order valence-corrected chi connectivity index (χ1v) is 30.1. The van der Waals surface area contributed by atoms with Crippen LogP contribution in [0.5, 0.6) is 0 Å². The zero-order valence-corrected chi connectivity index (χ0v) is 50.9.